The van der Waals surface area contributed by atoms with Crippen molar-refractivity contribution < 1.29 is 17.6 Å². The normalized spacial score (nSPS) is 12.0. The first-order valence-electron chi connectivity index (χ1n) is 8.61. The molecule has 0 bridgehead atoms. The Labute approximate surface area is 173 Å². The number of halogens is 2. The zero-order valence-electron chi connectivity index (χ0n) is 15.7. The molecule has 150 valence electrons. The van der Waals surface area contributed by atoms with Gasteiger partial charge >= 0.3 is 0 Å². The Hall–Kier alpha value is -1.87. The minimum absolute atomic E-state index is 0.111. The molecule has 2 aromatic carbocycles. The van der Waals surface area contributed by atoms with E-state index in [1.54, 1.807) is 18.2 Å². The summed E-state index contributed by atoms with van der Waals surface area (Å²) in [5, 5.41) is 0. The van der Waals surface area contributed by atoms with Gasteiger partial charge in [0.2, 0.25) is 10.0 Å². The van der Waals surface area contributed by atoms with Crippen LogP contribution in [0.5, 0.6) is 0 Å². The maximum atomic E-state index is 13.2. The SMILES string of the molecule is CN(C)CCCNS(=O)(=O)c1ccc(C(=O)C=Cc2ccc(F)c(Br)c2)cc1. The third-order valence-corrected chi connectivity index (χ3v) is 5.98. The summed E-state index contributed by atoms with van der Waals surface area (Å²) in [6.45, 7) is 1.13. The average Bonchev–Trinajstić information content (AvgIpc) is 2.66. The predicted molar refractivity (Wildman–Crippen MR) is 112 cm³/mol. The van der Waals surface area contributed by atoms with Gasteiger partial charge in [0.05, 0.1) is 9.37 Å². The molecule has 5 nitrogen and oxygen atoms in total. The third kappa shape index (κ3) is 6.63. The quantitative estimate of drug-likeness (QED) is 0.346. The van der Waals surface area contributed by atoms with Crippen LogP contribution < -0.4 is 4.72 Å². The second kappa shape index (κ2) is 10.1. The molecule has 0 radical (unpaired) electrons. The highest BCUT2D eigenvalue weighted by atomic mass is 79.9. The lowest BCUT2D eigenvalue weighted by molar-refractivity contribution is 0.104. The number of ketones is 1. The third-order valence-electron chi connectivity index (χ3n) is 3.89. The summed E-state index contributed by atoms with van der Waals surface area (Å²) in [7, 11) is 0.245. The van der Waals surface area contributed by atoms with Gasteiger partial charge in [-0.15, -0.1) is 0 Å². The van der Waals surface area contributed by atoms with E-state index in [1.807, 2.05) is 19.0 Å². The number of nitrogens with zero attached hydrogens (tertiary/aromatic N) is 1. The van der Waals surface area contributed by atoms with Crippen LogP contribution in [0.3, 0.4) is 0 Å². The van der Waals surface area contributed by atoms with Crippen molar-refractivity contribution in [2.45, 2.75) is 11.3 Å². The number of sulfonamides is 1. The Morgan fingerprint density at radius 2 is 1.86 bits per heavy atom. The van der Waals surface area contributed by atoms with Gasteiger partial charge in [0.25, 0.3) is 0 Å². The van der Waals surface area contributed by atoms with Crippen molar-refractivity contribution in [1.82, 2.24) is 9.62 Å². The smallest absolute Gasteiger partial charge is 0.240 e. The molecule has 0 fully saturated rings. The summed E-state index contributed by atoms with van der Waals surface area (Å²) >= 11 is 3.09. The number of nitrogens with one attached hydrogen (secondary N) is 1. The molecular weight excluding hydrogens is 447 g/mol. The number of allylic oxidation sites excluding steroid dienone is 1. The molecule has 0 aliphatic rings. The maximum absolute atomic E-state index is 13.2. The van der Waals surface area contributed by atoms with E-state index < -0.39 is 10.0 Å². The lowest BCUT2D eigenvalue weighted by atomic mass is 10.1. The van der Waals surface area contributed by atoms with Crippen LogP contribution >= 0.6 is 15.9 Å². The lowest BCUT2D eigenvalue weighted by Crippen LogP contribution is -2.27. The minimum Gasteiger partial charge on any atom is -0.309 e. The van der Waals surface area contributed by atoms with Crippen LogP contribution in [0.2, 0.25) is 0 Å². The maximum Gasteiger partial charge on any atom is 0.240 e. The largest absolute Gasteiger partial charge is 0.309 e. The molecule has 0 unspecified atom stereocenters. The van der Waals surface area contributed by atoms with Gasteiger partial charge in [-0.05, 0) is 91.0 Å². The molecule has 28 heavy (non-hydrogen) atoms. The second-order valence-electron chi connectivity index (χ2n) is 6.45. The fraction of sp³-hybridized carbons (Fsp3) is 0.250. The molecule has 0 aliphatic heterocycles. The number of carbonyl (C=O) groups is 1. The van der Waals surface area contributed by atoms with Gasteiger partial charge in [0.1, 0.15) is 5.82 Å². The first kappa shape index (κ1) is 22.4. The van der Waals surface area contributed by atoms with Crippen molar-refractivity contribution in [3.63, 3.8) is 0 Å². The number of rotatable bonds is 9. The minimum atomic E-state index is -3.60. The highest BCUT2D eigenvalue weighted by Gasteiger charge is 2.14. The molecule has 0 aliphatic carbocycles. The molecule has 2 aromatic rings. The lowest BCUT2D eigenvalue weighted by Gasteiger charge is -2.10. The van der Waals surface area contributed by atoms with E-state index in [1.165, 1.54) is 36.4 Å². The van der Waals surface area contributed by atoms with Gasteiger partial charge in [0, 0.05) is 12.1 Å². The van der Waals surface area contributed by atoms with E-state index in [9.17, 15) is 17.6 Å². The van der Waals surface area contributed by atoms with E-state index in [2.05, 4.69) is 20.7 Å². The Bertz CT molecular complexity index is 958. The first-order chi connectivity index (χ1) is 13.2. The first-order valence-corrected chi connectivity index (χ1v) is 10.9. The van der Waals surface area contributed by atoms with Crippen molar-refractivity contribution in [2.24, 2.45) is 0 Å². The van der Waals surface area contributed by atoms with Crippen LogP contribution in [-0.4, -0.2) is 46.3 Å². The molecule has 0 saturated carbocycles. The Balaban J connectivity index is 2.01. The topological polar surface area (TPSA) is 66.5 Å². The zero-order valence-corrected chi connectivity index (χ0v) is 18.1. The zero-order chi connectivity index (χ0) is 20.7. The molecule has 0 aromatic heterocycles. The van der Waals surface area contributed by atoms with E-state index >= 15 is 0 Å². The Kier molecular flexibility index (Phi) is 8.06. The van der Waals surface area contributed by atoms with Crippen LogP contribution in [-0.2, 0) is 10.0 Å². The van der Waals surface area contributed by atoms with Gasteiger partial charge in [-0.1, -0.05) is 12.1 Å². The van der Waals surface area contributed by atoms with Crippen LogP contribution in [0, 0.1) is 5.82 Å². The summed E-state index contributed by atoms with van der Waals surface area (Å²) in [6, 6.07) is 10.2. The predicted octanol–water partition coefficient (Wildman–Crippen LogP) is 3.71. The van der Waals surface area contributed by atoms with Gasteiger partial charge in [-0.2, -0.15) is 0 Å². The molecule has 0 saturated heterocycles. The highest BCUT2D eigenvalue weighted by molar-refractivity contribution is 9.10. The van der Waals surface area contributed by atoms with Crippen molar-refractivity contribution in [2.75, 3.05) is 27.2 Å². The fourth-order valence-electron chi connectivity index (χ4n) is 2.37. The van der Waals surface area contributed by atoms with E-state index in [-0.39, 0.29) is 16.5 Å². The molecule has 0 spiro atoms. The van der Waals surface area contributed by atoms with Crippen LogP contribution in [0.4, 0.5) is 4.39 Å². The van der Waals surface area contributed by atoms with Crippen molar-refractivity contribution in [3.05, 3.63) is 70.0 Å². The molecule has 0 heterocycles. The van der Waals surface area contributed by atoms with Crippen LogP contribution in [0.25, 0.3) is 6.08 Å². The van der Waals surface area contributed by atoms with Gasteiger partial charge < -0.3 is 4.90 Å². The summed E-state index contributed by atoms with van der Waals surface area (Å²) in [4.78, 5) is 14.4. The fourth-order valence-corrected chi connectivity index (χ4v) is 3.84. The van der Waals surface area contributed by atoms with Gasteiger partial charge in [0.15, 0.2) is 5.78 Å². The van der Waals surface area contributed by atoms with E-state index in [4.69, 9.17) is 0 Å². The van der Waals surface area contributed by atoms with E-state index in [0.29, 0.717) is 28.6 Å². The van der Waals surface area contributed by atoms with Gasteiger partial charge in [-0.3, -0.25) is 4.79 Å². The molecule has 1 N–H and O–H groups in total. The number of carbonyl (C=O) groups excluding carboxylic acids is 1. The summed E-state index contributed by atoms with van der Waals surface area (Å²) in [6.07, 6.45) is 3.64. The van der Waals surface area contributed by atoms with Crippen molar-refractivity contribution >= 4 is 37.8 Å². The van der Waals surface area contributed by atoms with Crippen molar-refractivity contribution in [3.8, 4) is 0 Å². The van der Waals surface area contributed by atoms with Gasteiger partial charge in [-0.25, -0.2) is 17.5 Å². The van der Waals surface area contributed by atoms with E-state index in [0.717, 1.165) is 6.54 Å². The highest BCUT2D eigenvalue weighted by Crippen LogP contribution is 2.18. The molecule has 2 rings (SSSR count). The molecule has 0 atom stereocenters. The molecule has 8 heteroatoms. The summed E-state index contributed by atoms with van der Waals surface area (Å²) in [5.74, 6) is -0.654. The number of hydrogen-bond donors (Lipinski definition) is 1. The van der Waals surface area contributed by atoms with Crippen LogP contribution in [0.15, 0.2) is 57.9 Å². The molecular formula is C20H22BrFN2O3S. The second-order valence-corrected chi connectivity index (χ2v) is 9.07. The van der Waals surface area contributed by atoms with Crippen LogP contribution in [0.1, 0.15) is 22.3 Å². The Morgan fingerprint density at radius 1 is 1.18 bits per heavy atom. The molecule has 0 amide bonds. The number of benzene rings is 2. The number of hydrogen-bond acceptors (Lipinski definition) is 4. The summed E-state index contributed by atoms with van der Waals surface area (Å²) in [5.41, 5.74) is 1.03. The monoisotopic (exact) mass is 468 g/mol. The standard InChI is InChI=1S/C20H22BrFN2O3S/c1-24(2)13-3-12-23-28(26,27)17-8-6-16(7-9-17)20(25)11-5-15-4-10-19(22)18(21)14-15/h4-11,14,23H,3,12-13H2,1-2H3. The summed E-state index contributed by atoms with van der Waals surface area (Å²) < 4.78 is 40.6. The average molecular weight is 469 g/mol. The van der Waals surface area contributed by atoms with Crippen molar-refractivity contribution in [1.29, 1.82) is 0 Å². The Morgan fingerprint density at radius 3 is 2.46 bits per heavy atom.